The summed E-state index contributed by atoms with van der Waals surface area (Å²) in [6, 6.07) is 19.8. The minimum atomic E-state index is -0.548. The Morgan fingerprint density at radius 2 is 1.09 bits per heavy atom. The summed E-state index contributed by atoms with van der Waals surface area (Å²) in [5.41, 5.74) is -0.384. The van der Waals surface area contributed by atoms with Gasteiger partial charge in [-0.15, -0.1) is 0 Å². The van der Waals surface area contributed by atoms with Crippen molar-refractivity contribution in [3.63, 3.8) is 0 Å². The standard InChI is InChI=1S/C25H26FN5O4.C24H31FN4O4/c1-16-15-30(11-12-31(16)25(34)18-3-10-23(32)28-13-18)17(2)24(33)29-22-9-8-21(14-27-22)35-20-6-4-19(26)5-7-20;1-16-15-28(12-13-29(16)23(31)33-24(3,4)5)17(2)22(30)27-21-11-10-20(14-26-21)32-19-8-6-18(25)7-9-19/h3-10,13-14,16-17H,11-12,15H2,1-2H3,(H,28,32)(H,27,29,33);6-11,14,16-17H,12-13,15H2,1-5H3,(H,26,27,30)/t16-,17-;16-,17?/m00/s1. The lowest BCUT2D eigenvalue weighted by molar-refractivity contribution is -0.122. The number of rotatable bonds is 11. The SMILES string of the molecule is CC(C(=O)Nc1ccc(Oc2ccc(F)cc2)cn1)N1CCN(C(=O)OC(C)(C)C)[C@@H](C)C1.C[C@@H](C(=O)Nc1ccc(Oc2ccc(F)cc2)cn1)N1CCN(C(=O)c2ccc(=O)[nH]c2)[C@@H](C)C1. The summed E-state index contributed by atoms with van der Waals surface area (Å²) in [5, 5.41) is 5.62. The van der Waals surface area contributed by atoms with Crippen LogP contribution in [0.3, 0.4) is 0 Å². The van der Waals surface area contributed by atoms with Gasteiger partial charge in [-0.3, -0.25) is 29.0 Å². The third kappa shape index (κ3) is 14.1. The lowest BCUT2D eigenvalue weighted by Gasteiger charge is -2.42. The van der Waals surface area contributed by atoms with Crippen LogP contribution in [0.2, 0.25) is 0 Å². The van der Waals surface area contributed by atoms with E-state index >= 15 is 0 Å². The molecule has 2 aliphatic heterocycles. The van der Waals surface area contributed by atoms with Crippen LogP contribution in [-0.4, -0.2) is 127 Å². The Morgan fingerprint density at radius 3 is 1.47 bits per heavy atom. The summed E-state index contributed by atoms with van der Waals surface area (Å²) in [7, 11) is 0. The van der Waals surface area contributed by atoms with Crippen LogP contribution in [0, 0.1) is 11.6 Å². The molecule has 4 amide bonds. The maximum Gasteiger partial charge on any atom is 0.410 e. The van der Waals surface area contributed by atoms with Gasteiger partial charge in [0.15, 0.2) is 0 Å². The second-order valence-corrected chi connectivity index (χ2v) is 17.5. The molecule has 3 aromatic heterocycles. The molecular formula is C49H57F2N9O8. The first kappa shape index (κ1) is 50.2. The van der Waals surface area contributed by atoms with Crippen LogP contribution in [0.25, 0.3) is 0 Å². The van der Waals surface area contributed by atoms with Gasteiger partial charge in [-0.1, -0.05) is 0 Å². The third-order valence-electron chi connectivity index (χ3n) is 11.2. The van der Waals surface area contributed by atoms with E-state index in [-0.39, 0.29) is 53.1 Å². The van der Waals surface area contributed by atoms with Gasteiger partial charge in [0.2, 0.25) is 17.4 Å². The number of carbonyl (C=O) groups excluding carboxylic acids is 4. The smallest absolute Gasteiger partial charge is 0.410 e. The van der Waals surface area contributed by atoms with E-state index in [9.17, 15) is 32.8 Å². The van der Waals surface area contributed by atoms with Crippen molar-refractivity contribution in [2.75, 3.05) is 49.9 Å². The van der Waals surface area contributed by atoms with Crippen LogP contribution >= 0.6 is 0 Å². The maximum absolute atomic E-state index is 13.0. The second-order valence-electron chi connectivity index (χ2n) is 17.5. The summed E-state index contributed by atoms with van der Waals surface area (Å²) >= 11 is 0. The molecule has 0 bridgehead atoms. The average molecular weight is 938 g/mol. The number of benzene rings is 2. The molecule has 17 nitrogen and oxygen atoms in total. The van der Waals surface area contributed by atoms with Gasteiger partial charge in [0.25, 0.3) is 5.91 Å². The highest BCUT2D eigenvalue weighted by Crippen LogP contribution is 2.24. The number of anilines is 2. The zero-order valence-corrected chi connectivity index (χ0v) is 39.1. The minimum Gasteiger partial charge on any atom is -0.456 e. The van der Waals surface area contributed by atoms with E-state index in [0.29, 0.717) is 79.5 Å². The van der Waals surface area contributed by atoms with Crippen molar-refractivity contribution in [2.24, 2.45) is 0 Å². The normalized spacial score (nSPS) is 17.4. The van der Waals surface area contributed by atoms with Crippen LogP contribution in [0.4, 0.5) is 25.2 Å². The summed E-state index contributed by atoms with van der Waals surface area (Å²) < 4.78 is 42.7. The number of ether oxygens (including phenoxy) is 3. The van der Waals surface area contributed by atoms with Gasteiger partial charge in [-0.25, -0.2) is 23.5 Å². The monoisotopic (exact) mass is 937 g/mol. The van der Waals surface area contributed by atoms with Gasteiger partial charge in [0, 0.05) is 63.6 Å². The number of H-pyrrole nitrogens is 1. The van der Waals surface area contributed by atoms with Gasteiger partial charge in [0.1, 0.15) is 51.9 Å². The van der Waals surface area contributed by atoms with Gasteiger partial charge < -0.3 is 39.6 Å². The summed E-state index contributed by atoms with van der Waals surface area (Å²) in [5.74, 6) is 1.44. The molecule has 19 heteroatoms. The molecule has 0 radical (unpaired) electrons. The fourth-order valence-corrected chi connectivity index (χ4v) is 7.38. The highest BCUT2D eigenvalue weighted by molar-refractivity contribution is 5.95. The van der Waals surface area contributed by atoms with Crippen LogP contribution in [0.15, 0.2) is 108 Å². The first-order valence-corrected chi connectivity index (χ1v) is 22.2. The number of aromatic amines is 1. The van der Waals surface area contributed by atoms with E-state index in [0.717, 1.165) is 0 Å². The molecule has 5 aromatic rings. The molecule has 2 aliphatic rings. The molecule has 7 rings (SSSR count). The van der Waals surface area contributed by atoms with Gasteiger partial charge in [-0.05, 0) is 127 Å². The maximum atomic E-state index is 13.0. The third-order valence-corrected chi connectivity index (χ3v) is 11.2. The topological polar surface area (TPSA) is 192 Å². The van der Waals surface area contributed by atoms with Crippen molar-refractivity contribution in [3.8, 4) is 23.0 Å². The van der Waals surface area contributed by atoms with E-state index in [1.54, 1.807) is 34.1 Å². The van der Waals surface area contributed by atoms with Crippen molar-refractivity contribution in [1.82, 2.24) is 34.6 Å². The highest BCUT2D eigenvalue weighted by Gasteiger charge is 2.35. The van der Waals surface area contributed by atoms with E-state index in [4.69, 9.17) is 14.2 Å². The number of hydrogen-bond donors (Lipinski definition) is 3. The summed E-state index contributed by atoms with van der Waals surface area (Å²) in [4.78, 5) is 80.5. The van der Waals surface area contributed by atoms with Crippen LogP contribution in [0.5, 0.6) is 23.0 Å². The molecular weight excluding hydrogens is 881 g/mol. The van der Waals surface area contributed by atoms with Crippen LogP contribution < -0.4 is 25.7 Å². The number of nitrogens with one attached hydrogen (secondary N) is 3. The number of aromatic nitrogens is 3. The fourth-order valence-electron chi connectivity index (χ4n) is 7.38. The average Bonchev–Trinajstić information content (AvgIpc) is 3.30. The second kappa shape index (κ2) is 22.5. The predicted molar refractivity (Wildman–Crippen MR) is 251 cm³/mol. The van der Waals surface area contributed by atoms with Crippen molar-refractivity contribution in [1.29, 1.82) is 0 Å². The Hall–Kier alpha value is -7.25. The first-order valence-electron chi connectivity index (χ1n) is 22.2. The number of halogens is 2. The molecule has 2 aromatic carbocycles. The highest BCUT2D eigenvalue weighted by atomic mass is 19.1. The number of amides is 4. The number of carbonyl (C=O) groups is 4. The lowest BCUT2D eigenvalue weighted by atomic mass is 10.1. The Morgan fingerprint density at radius 1 is 0.647 bits per heavy atom. The summed E-state index contributed by atoms with van der Waals surface area (Å²) in [6.07, 6.45) is 4.06. The van der Waals surface area contributed by atoms with Crippen molar-refractivity contribution in [2.45, 2.75) is 78.2 Å². The van der Waals surface area contributed by atoms with Crippen molar-refractivity contribution < 1.29 is 42.2 Å². The van der Waals surface area contributed by atoms with E-state index in [1.807, 2.05) is 58.3 Å². The molecule has 2 fully saturated rings. The van der Waals surface area contributed by atoms with Gasteiger partial charge in [0.05, 0.1) is 30.0 Å². The summed E-state index contributed by atoms with van der Waals surface area (Å²) in [6.45, 7) is 16.2. The Kier molecular flexibility index (Phi) is 16.6. The molecule has 0 saturated carbocycles. The molecule has 68 heavy (non-hydrogen) atoms. The van der Waals surface area contributed by atoms with Crippen LogP contribution in [0.1, 0.15) is 58.8 Å². The quantitative estimate of drug-likeness (QED) is 0.121. The Balaban J connectivity index is 0.000000224. The molecule has 360 valence electrons. The molecule has 3 N–H and O–H groups in total. The molecule has 0 spiro atoms. The number of piperazine rings is 2. The molecule has 1 unspecified atom stereocenters. The van der Waals surface area contributed by atoms with Crippen LogP contribution in [-0.2, 0) is 14.3 Å². The number of hydrogen-bond acceptors (Lipinski definition) is 12. The Bertz CT molecular complexity index is 2540. The molecule has 4 atom stereocenters. The zero-order valence-electron chi connectivity index (χ0n) is 39.1. The van der Waals surface area contributed by atoms with E-state index in [1.165, 1.54) is 79.3 Å². The predicted octanol–water partition coefficient (Wildman–Crippen LogP) is 7.16. The van der Waals surface area contributed by atoms with Gasteiger partial charge >= 0.3 is 6.09 Å². The number of pyridine rings is 3. The van der Waals surface area contributed by atoms with Gasteiger partial charge in [-0.2, -0.15) is 0 Å². The van der Waals surface area contributed by atoms with Crippen molar-refractivity contribution in [3.05, 3.63) is 131 Å². The minimum absolute atomic E-state index is 0.0788. The largest absolute Gasteiger partial charge is 0.456 e. The fraction of sp³-hybridized carbons (Fsp3) is 0.367. The molecule has 2 saturated heterocycles. The Labute approximate surface area is 393 Å². The van der Waals surface area contributed by atoms with E-state index < -0.39 is 17.7 Å². The molecule has 0 aliphatic carbocycles. The van der Waals surface area contributed by atoms with Crippen molar-refractivity contribution >= 4 is 35.5 Å². The lowest BCUT2D eigenvalue weighted by Crippen LogP contribution is -2.58. The molecule has 5 heterocycles. The first-order chi connectivity index (χ1) is 32.3. The number of nitrogens with zero attached hydrogens (tertiary/aromatic N) is 6. The zero-order chi connectivity index (χ0) is 49.1. The van der Waals surface area contributed by atoms with E-state index in [2.05, 4.69) is 25.6 Å².